The second-order valence-corrected chi connectivity index (χ2v) is 4.11. The number of hydrogen-bond donors (Lipinski definition) is 2. The topological polar surface area (TPSA) is 92.5 Å². The zero-order valence-electron chi connectivity index (χ0n) is 10.4. The van der Waals surface area contributed by atoms with Gasteiger partial charge in [0.2, 0.25) is 5.91 Å². The highest BCUT2D eigenvalue weighted by Crippen LogP contribution is 2.02. The third kappa shape index (κ3) is 4.67. The molecule has 18 heavy (non-hydrogen) atoms. The summed E-state index contributed by atoms with van der Waals surface area (Å²) in [6.45, 7) is 1.17. The van der Waals surface area contributed by atoms with Crippen molar-refractivity contribution in [1.29, 1.82) is 0 Å². The molecule has 1 aliphatic rings. The Morgan fingerprint density at radius 2 is 1.83 bits per heavy atom. The predicted octanol–water partition coefficient (Wildman–Crippen LogP) is -0.453. The van der Waals surface area contributed by atoms with E-state index in [0.29, 0.717) is 19.5 Å². The highest BCUT2D eigenvalue weighted by Gasteiger charge is 2.22. The zero-order chi connectivity index (χ0) is 13.4. The second kappa shape index (κ2) is 7.60. The minimum atomic E-state index is -0.322. The second-order valence-electron chi connectivity index (χ2n) is 4.11. The molecule has 0 saturated heterocycles. The molecule has 0 fully saturated rings. The van der Waals surface area contributed by atoms with E-state index < -0.39 is 0 Å². The summed E-state index contributed by atoms with van der Waals surface area (Å²) in [5.74, 6) is -0.700. The quantitative estimate of drug-likeness (QED) is 0.452. The van der Waals surface area contributed by atoms with E-state index >= 15 is 0 Å². The van der Waals surface area contributed by atoms with Crippen molar-refractivity contribution >= 4 is 17.7 Å². The van der Waals surface area contributed by atoms with Gasteiger partial charge in [0.25, 0.3) is 11.8 Å². The molecule has 0 aromatic heterocycles. The molecule has 0 spiro atoms. The molecule has 0 aromatic rings. The lowest BCUT2D eigenvalue weighted by Gasteiger charge is -2.13. The van der Waals surface area contributed by atoms with Gasteiger partial charge in [0.1, 0.15) is 0 Å². The number of nitrogens with two attached hydrogens (primary N) is 1. The van der Waals surface area contributed by atoms with Gasteiger partial charge in [0, 0.05) is 31.7 Å². The largest absolute Gasteiger partial charge is 0.354 e. The Balaban J connectivity index is 2.09. The summed E-state index contributed by atoms with van der Waals surface area (Å²) in [6.07, 6.45) is 5.60. The van der Waals surface area contributed by atoms with Crippen LogP contribution < -0.4 is 11.1 Å². The van der Waals surface area contributed by atoms with Gasteiger partial charge in [0.15, 0.2) is 0 Å². The van der Waals surface area contributed by atoms with Crippen molar-refractivity contribution in [2.24, 2.45) is 5.73 Å². The van der Waals surface area contributed by atoms with Crippen LogP contribution in [0, 0.1) is 0 Å². The molecule has 0 bridgehead atoms. The summed E-state index contributed by atoms with van der Waals surface area (Å²) in [5.41, 5.74) is 5.35. The van der Waals surface area contributed by atoms with Gasteiger partial charge < -0.3 is 11.1 Å². The SMILES string of the molecule is NCCCCCC(=O)NCCN1C(=O)C=CC1=O. The molecular formula is C12H19N3O3. The summed E-state index contributed by atoms with van der Waals surface area (Å²) in [7, 11) is 0. The van der Waals surface area contributed by atoms with Gasteiger partial charge in [-0.2, -0.15) is 0 Å². The van der Waals surface area contributed by atoms with Crippen LogP contribution in [-0.2, 0) is 14.4 Å². The highest BCUT2D eigenvalue weighted by atomic mass is 16.2. The predicted molar refractivity (Wildman–Crippen MR) is 66.4 cm³/mol. The summed E-state index contributed by atoms with van der Waals surface area (Å²) in [6, 6.07) is 0. The lowest BCUT2D eigenvalue weighted by molar-refractivity contribution is -0.137. The Kier molecular flexibility index (Phi) is 6.07. The number of carbonyl (C=O) groups is 3. The molecule has 1 aliphatic heterocycles. The van der Waals surface area contributed by atoms with Crippen molar-refractivity contribution in [2.75, 3.05) is 19.6 Å². The minimum absolute atomic E-state index is 0.0564. The molecule has 1 rings (SSSR count). The van der Waals surface area contributed by atoms with Crippen LogP contribution in [0.5, 0.6) is 0 Å². The molecule has 6 nitrogen and oxygen atoms in total. The Bertz CT molecular complexity index is 334. The molecule has 3 amide bonds. The first-order chi connectivity index (χ1) is 8.65. The van der Waals surface area contributed by atoms with Crippen LogP contribution >= 0.6 is 0 Å². The first-order valence-corrected chi connectivity index (χ1v) is 6.15. The molecular weight excluding hydrogens is 234 g/mol. The van der Waals surface area contributed by atoms with Crippen LogP contribution in [-0.4, -0.2) is 42.3 Å². The normalized spacial score (nSPS) is 14.4. The molecule has 100 valence electrons. The van der Waals surface area contributed by atoms with E-state index in [-0.39, 0.29) is 24.3 Å². The van der Waals surface area contributed by atoms with Crippen LogP contribution in [0.25, 0.3) is 0 Å². The van der Waals surface area contributed by atoms with Crippen LogP contribution in [0.4, 0.5) is 0 Å². The summed E-state index contributed by atoms with van der Waals surface area (Å²) in [5, 5.41) is 2.68. The van der Waals surface area contributed by atoms with Gasteiger partial charge in [-0.1, -0.05) is 6.42 Å². The Labute approximate surface area is 106 Å². The highest BCUT2D eigenvalue weighted by molar-refractivity contribution is 6.12. The smallest absolute Gasteiger partial charge is 0.253 e. The van der Waals surface area contributed by atoms with Gasteiger partial charge in [-0.15, -0.1) is 0 Å². The van der Waals surface area contributed by atoms with E-state index in [2.05, 4.69) is 5.32 Å². The minimum Gasteiger partial charge on any atom is -0.354 e. The average Bonchev–Trinajstić information content (AvgIpc) is 2.66. The lowest BCUT2D eigenvalue weighted by atomic mass is 10.2. The zero-order valence-corrected chi connectivity index (χ0v) is 10.4. The lowest BCUT2D eigenvalue weighted by Crippen LogP contribution is -2.38. The number of carbonyl (C=O) groups excluding carboxylic acids is 3. The van der Waals surface area contributed by atoms with E-state index in [0.717, 1.165) is 24.2 Å². The summed E-state index contributed by atoms with van der Waals surface area (Å²) >= 11 is 0. The van der Waals surface area contributed by atoms with Crippen LogP contribution in [0.2, 0.25) is 0 Å². The van der Waals surface area contributed by atoms with E-state index in [1.165, 1.54) is 12.2 Å². The fourth-order valence-corrected chi connectivity index (χ4v) is 1.65. The van der Waals surface area contributed by atoms with E-state index in [1.54, 1.807) is 0 Å². The van der Waals surface area contributed by atoms with Crippen molar-refractivity contribution in [1.82, 2.24) is 10.2 Å². The maximum Gasteiger partial charge on any atom is 0.253 e. The van der Waals surface area contributed by atoms with Gasteiger partial charge in [-0.3, -0.25) is 19.3 Å². The fourth-order valence-electron chi connectivity index (χ4n) is 1.65. The van der Waals surface area contributed by atoms with Gasteiger partial charge in [0.05, 0.1) is 0 Å². The molecule has 0 aliphatic carbocycles. The third-order valence-corrected chi connectivity index (χ3v) is 2.67. The number of nitrogens with one attached hydrogen (secondary N) is 1. The molecule has 3 N–H and O–H groups in total. The number of imide groups is 1. The van der Waals surface area contributed by atoms with Crippen LogP contribution in [0.15, 0.2) is 12.2 Å². The Hall–Kier alpha value is -1.69. The first kappa shape index (κ1) is 14.4. The Morgan fingerprint density at radius 1 is 1.17 bits per heavy atom. The molecule has 0 aromatic carbocycles. The first-order valence-electron chi connectivity index (χ1n) is 6.15. The number of hydrogen-bond acceptors (Lipinski definition) is 4. The fraction of sp³-hybridized carbons (Fsp3) is 0.583. The summed E-state index contributed by atoms with van der Waals surface area (Å²) in [4.78, 5) is 34.9. The number of amides is 3. The molecule has 1 heterocycles. The monoisotopic (exact) mass is 253 g/mol. The summed E-state index contributed by atoms with van der Waals surface area (Å²) < 4.78 is 0. The van der Waals surface area contributed by atoms with E-state index in [4.69, 9.17) is 5.73 Å². The van der Waals surface area contributed by atoms with Crippen LogP contribution in [0.3, 0.4) is 0 Å². The number of unbranched alkanes of at least 4 members (excludes halogenated alkanes) is 2. The van der Waals surface area contributed by atoms with Crippen molar-refractivity contribution in [3.63, 3.8) is 0 Å². The van der Waals surface area contributed by atoms with Crippen molar-refractivity contribution in [3.05, 3.63) is 12.2 Å². The molecule has 0 saturated carbocycles. The van der Waals surface area contributed by atoms with Crippen molar-refractivity contribution in [3.8, 4) is 0 Å². The van der Waals surface area contributed by atoms with Gasteiger partial charge >= 0.3 is 0 Å². The average molecular weight is 253 g/mol. The number of nitrogens with zero attached hydrogens (tertiary/aromatic N) is 1. The van der Waals surface area contributed by atoms with Gasteiger partial charge in [-0.05, 0) is 19.4 Å². The number of rotatable bonds is 8. The molecule has 0 unspecified atom stereocenters. The maximum absolute atomic E-state index is 11.4. The molecule has 0 atom stereocenters. The standard InChI is InChI=1S/C12H19N3O3/c13-7-3-1-2-4-10(16)14-8-9-15-11(17)5-6-12(15)18/h5-6H,1-4,7-9,13H2,(H,14,16). The van der Waals surface area contributed by atoms with Crippen molar-refractivity contribution < 1.29 is 14.4 Å². The van der Waals surface area contributed by atoms with E-state index in [9.17, 15) is 14.4 Å². The van der Waals surface area contributed by atoms with Crippen molar-refractivity contribution in [2.45, 2.75) is 25.7 Å². The maximum atomic E-state index is 11.4. The molecule has 0 radical (unpaired) electrons. The molecule has 6 heteroatoms. The third-order valence-electron chi connectivity index (χ3n) is 2.67. The van der Waals surface area contributed by atoms with Gasteiger partial charge in [-0.25, -0.2) is 0 Å². The van der Waals surface area contributed by atoms with Crippen LogP contribution in [0.1, 0.15) is 25.7 Å². The van der Waals surface area contributed by atoms with E-state index in [1.807, 2.05) is 0 Å². The Morgan fingerprint density at radius 3 is 2.44 bits per heavy atom.